The second-order valence-corrected chi connectivity index (χ2v) is 5.45. The highest BCUT2D eigenvalue weighted by molar-refractivity contribution is 5.94. The van der Waals surface area contributed by atoms with Gasteiger partial charge in [-0.3, -0.25) is 9.59 Å². The lowest BCUT2D eigenvalue weighted by Gasteiger charge is -2.21. The number of aryl methyl sites for hydroxylation is 1. The molecule has 126 valence electrons. The predicted octanol–water partition coefficient (Wildman–Crippen LogP) is 3.26. The molecule has 0 fully saturated rings. The summed E-state index contributed by atoms with van der Waals surface area (Å²) in [6, 6.07) is 10.8. The zero-order valence-corrected chi connectivity index (χ0v) is 13.5. The van der Waals surface area contributed by atoms with E-state index in [2.05, 4.69) is 5.32 Å². The van der Waals surface area contributed by atoms with Crippen molar-refractivity contribution in [3.63, 3.8) is 0 Å². The number of para-hydroxylation sites is 1. The van der Waals surface area contributed by atoms with Crippen molar-refractivity contribution >= 4 is 17.5 Å². The highest BCUT2D eigenvalue weighted by Gasteiger charge is 2.17. The second-order valence-electron chi connectivity index (χ2n) is 5.45. The molecule has 2 rings (SSSR count). The minimum Gasteiger partial charge on any atom is -0.329 e. The number of rotatable bonds is 5. The summed E-state index contributed by atoms with van der Waals surface area (Å²) in [6.45, 7) is 3.20. The molecule has 0 aromatic heterocycles. The van der Waals surface area contributed by atoms with Crippen LogP contribution in [0.5, 0.6) is 0 Å². The van der Waals surface area contributed by atoms with Gasteiger partial charge in [-0.05, 0) is 30.2 Å². The lowest BCUT2D eigenvalue weighted by molar-refractivity contribution is -0.133. The summed E-state index contributed by atoms with van der Waals surface area (Å²) in [4.78, 5) is 25.2. The molecule has 2 aromatic carbocycles. The number of anilines is 1. The number of nitrogens with one attached hydrogen (secondary N) is 1. The van der Waals surface area contributed by atoms with Crippen molar-refractivity contribution < 1.29 is 18.4 Å². The first-order chi connectivity index (χ1) is 11.4. The average Bonchev–Trinajstić information content (AvgIpc) is 2.52. The van der Waals surface area contributed by atoms with Gasteiger partial charge in [-0.1, -0.05) is 30.3 Å². The maximum absolute atomic E-state index is 13.6. The van der Waals surface area contributed by atoms with Crippen LogP contribution < -0.4 is 5.32 Å². The molecule has 0 aliphatic heterocycles. The molecule has 0 unspecified atom stereocenters. The summed E-state index contributed by atoms with van der Waals surface area (Å²) >= 11 is 0. The number of hydrogen-bond acceptors (Lipinski definition) is 2. The number of halogens is 2. The smallest absolute Gasteiger partial charge is 0.244 e. The molecule has 2 aromatic rings. The molecule has 0 spiro atoms. The fourth-order valence-corrected chi connectivity index (χ4v) is 2.24. The Kier molecular flexibility index (Phi) is 5.63. The van der Waals surface area contributed by atoms with Gasteiger partial charge in [-0.15, -0.1) is 0 Å². The predicted molar refractivity (Wildman–Crippen MR) is 87.3 cm³/mol. The molecule has 0 aliphatic rings. The molecule has 0 atom stereocenters. The van der Waals surface area contributed by atoms with Gasteiger partial charge in [-0.2, -0.15) is 0 Å². The van der Waals surface area contributed by atoms with Crippen molar-refractivity contribution in [2.75, 3.05) is 11.9 Å². The van der Waals surface area contributed by atoms with Crippen LogP contribution in [0.4, 0.5) is 14.5 Å². The number of benzene rings is 2. The minimum absolute atomic E-state index is 0.245. The van der Waals surface area contributed by atoms with E-state index in [0.29, 0.717) is 0 Å². The second kappa shape index (κ2) is 7.68. The van der Waals surface area contributed by atoms with Crippen LogP contribution in [-0.2, 0) is 16.1 Å². The molecule has 0 saturated heterocycles. The van der Waals surface area contributed by atoms with Gasteiger partial charge in [0, 0.05) is 13.5 Å². The first-order valence-corrected chi connectivity index (χ1v) is 7.42. The number of carbonyl (C=O) groups excluding carboxylic acids is 2. The van der Waals surface area contributed by atoms with Crippen molar-refractivity contribution in [2.45, 2.75) is 20.4 Å². The van der Waals surface area contributed by atoms with E-state index in [0.717, 1.165) is 23.3 Å². The Morgan fingerprint density at radius 2 is 1.67 bits per heavy atom. The summed E-state index contributed by atoms with van der Waals surface area (Å²) in [6.07, 6.45) is 0. The minimum atomic E-state index is -0.864. The van der Waals surface area contributed by atoms with E-state index in [1.807, 2.05) is 31.2 Å². The van der Waals surface area contributed by atoms with Gasteiger partial charge in [0.1, 0.15) is 23.9 Å². The van der Waals surface area contributed by atoms with E-state index in [-0.39, 0.29) is 19.0 Å². The molecular formula is C18H18F2N2O2. The fourth-order valence-electron chi connectivity index (χ4n) is 2.24. The first kappa shape index (κ1) is 17.6. The maximum Gasteiger partial charge on any atom is 0.244 e. The molecule has 4 nitrogen and oxygen atoms in total. The van der Waals surface area contributed by atoms with E-state index < -0.39 is 23.2 Å². The van der Waals surface area contributed by atoms with Crippen LogP contribution in [0.1, 0.15) is 18.1 Å². The molecule has 0 bridgehead atoms. The summed E-state index contributed by atoms with van der Waals surface area (Å²) < 4.78 is 27.1. The molecule has 24 heavy (non-hydrogen) atoms. The van der Waals surface area contributed by atoms with Gasteiger partial charge in [0.15, 0.2) is 0 Å². The average molecular weight is 332 g/mol. The van der Waals surface area contributed by atoms with E-state index in [4.69, 9.17) is 0 Å². The highest BCUT2D eigenvalue weighted by Crippen LogP contribution is 2.18. The van der Waals surface area contributed by atoms with Crippen LogP contribution in [0.3, 0.4) is 0 Å². The zero-order chi connectivity index (χ0) is 17.7. The van der Waals surface area contributed by atoms with Gasteiger partial charge in [-0.25, -0.2) is 8.78 Å². The molecular weight excluding hydrogens is 314 g/mol. The topological polar surface area (TPSA) is 49.4 Å². The normalized spacial score (nSPS) is 10.3. The third-order valence-electron chi connectivity index (χ3n) is 3.63. The summed E-state index contributed by atoms with van der Waals surface area (Å²) in [5.74, 6) is -2.70. The van der Waals surface area contributed by atoms with Crippen molar-refractivity contribution in [1.29, 1.82) is 0 Å². The maximum atomic E-state index is 13.6. The van der Waals surface area contributed by atoms with E-state index in [1.54, 1.807) is 0 Å². The number of hydrogen-bond donors (Lipinski definition) is 1. The Balaban J connectivity index is 2.09. The van der Waals surface area contributed by atoms with Crippen LogP contribution in [-0.4, -0.2) is 23.3 Å². The summed E-state index contributed by atoms with van der Waals surface area (Å²) in [5.41, 5.74) is 1.38. The Labute approximate surface area is 139 Å². The number of carbonyl (C=O) groups is 2. The van der Waals surface area contributed by atoms with E-state index in [9.17, 15) is 18.4 Å². The first-order valence-electron chi connectivity index (χ1n) is 7.42. The molecule has 6 heteroatoms. The fraction of sp³-hybridized carbons (Fsp3) is 0.222. The number of nitrogens with zero attached hydrogens (tertiary/aromatic N) is 1. The standard InChI is InChI=1S/C18H18F2N2O2/c1-12-6-3-4-7-14(12)10-22(13(2)23)11-17(24)21-18-15(19)8-5-9-16(18)20/h3-9H,10-11H2,1-2H3,(H,21,24). The molecule has 2 amide bonds. The van der Waals surface area contributed by atoms with Crippen LogP contribution in [0.25, 0.3) is 0 Å². The monoisotopic (exact) mass is 332 g/mol. The lowest BCUT2D eigenvalue weighted by Crippen LogP contribution is -2.36. The van der Waals surface area contributed by atoms with Crippen molar-refractivity contribution in [2.24, 2.45) is 0 Å². The third kappa shape index (κ3) is 4.38. The Morgan fingerprint density at radius 3 is 2.25 bits per heavy atom. The van der Waals surface area contributed by atoms with Gasteiger partial charge >= 0.3 is 0 Å². The van der Waals surface area contributed by atoms with Crippen LogP contribution in [0.15, 0.2) is 42.5 Å². The van der Waals surface area contributed by atoms with Gasteiger partial charge in [0.2, 0.25) is 11.8 Å². The SMILES string of the molecule is CC(=O)N(CC(=O)Nc1c(F)cccc1F)Cc1ccccc1C. The quantitative estimate of drug-likeness (QED) is 0.914. The van der Waals surface area contributed by atoms with E-state index in [1.165, 1.54) is 17.9 Å². The molecule has 0 aliphatic carbocycles. The van der Waals surface area contributed by atoms with Gasteiger partial charge in [0.25, 0.3) is 0 Å². The summed E-state index contributed by atoms with van der Waals surface area (Å²) in [5, 5.41) is 2.18. The largest absolute Gasteiger partial charge is 0.329 e. The Hall–Kier alpha value is -2.76. The van der Waals surface area contributed by atoms with Crippen LogP contribution in [0, 0.1) is 18.6 Å². The van der Waals surface area contributed by atoms with Gasteiger partial charge < -0.3 is 10.2 Å². The van der Waals surface area contributed by atoms with E-state index >= 15 is 0 Å². The third-order valence-corrected chi connectivity index (χ3v) is 3.63. The van der Waals surface area contributed by atoms with Crippen LogP contribution >= 0.6 is 0 Å². The van der Waals surface area contributed by atoms with Crippen molar-refractivity contribution in [3.05, 3.63) is 65.2 Å². The Morgan fingerprint density at radius 1 is 1.04 bits per heavy atom. The summed E-state index contributed by atoms with van der Waals surface area (Å²) in [7, 11) is 0. The van der Waals surface area contributed by atoms with Crippen molar-refractivity contribution in [3.8, 4) is 0 Å². The molecule has 0 saturated carbocycles. The molecule has 1 N–H and O–H groups in total. The zero-order valence-electron chi connectivity index (χ0n) is 13.5. The molecule has 0 heterocycles. The highest BCUT2D eigenvalue weighted by atomic mass is 19.1. The number of amides is 2. The molecule has 0 radical (unpaired) electrons. The van der Waals surface area contributed by atoms with Crippen molar-refractivity contribution in [1.82, 2.24) is 4.90 Å². The van der Waals surface area contributed by atoms with Crippen LogP contribution in [0.2, 0.25) is 0 Å². The lowest BCUT2D eigenvalue weighted by atomic mass is 10.1. The van der Waals surface area contributed by atoms with Gasteiger partial charge in [0.05, 0.1) is 0 Å². The Bertz CT molecular complexity index is 742.